The van der Waals surface area contributed by atoms with Crippen molar-refractivity contribution in [2.24, 2.45) is 5.73 Å². The van der Waals surface area contributed by atoms with Crippen LogP contribution in [0.5, 0.6) is 0 Å². The summed E-state index contributed by atoms with van der Waals surface area (Å²) in [6.07, 6.45) is 1.77. The van der Waals surface area contributed by atoms with Crippen LogP contribution < -0.4 is 5.73 Å². The lowest BCUT2D eigenvalue weighted by Gasteiger charge is -2.19. The monoisotopic (exact) mass is 231 g/mol. The van der Waals surface area contributed by atoms with E-state index in [-0.39, 0.29) is 5.97 Å². The number of hydrogen-bond donors (Lipinski definition) is 1. The molecule has 0 aliphatic carbocycles. The van der Waals surface area contributed by atoms with Crippen LogP contribution in [0.4, 0.5) is 0 Å². The Balaban J connectivity index is 3.56. The maximum Gasteiger partial charge on any atom is 0.322 e. The zero-order chi connectivity index (χ0) is 12.6. The van der Waals surface area contributed by atoms with E-state index in [0.29, 0.717) is 6.42 Å². The lowest BCUT2D eigenvalue weighted by molar-refractivity contribution is -0.142. The van der Waals surface area contributed by atoms with E-state index in [9.17, 15) is 4.79 Å². The lowest BCUT2D eigenvalue weighted by atomic mass is 10.2. The van der Waals surface area contributed by atoms with Crippen molar-refractivity contribution in [1.82, 2.24) is 9.80 Å². The van der Waals surface area contributed by atoms with Crippen LogP contribution in [0.15, 0.2) is 0 Å². The van der Waals surface area contributed by atoms with Gasteiger partial charge < -0.3 is 20.3 Å². The Morgan fingerprint density at radius 1 is 1.25 bits per heavy atom. The number of ether oxygens (including phenoxy) is 1. The first-order chi connectivity index (χ1) is 7.47. The quantitative estimate of drug-likeness (QED) is 0.584. The first kappa shape index (κ1) is 15.3. The number of methoxy groups -OCH3 is 1. The number of hydrogen-bond acceptors (Lipinski definition) is 5. The summed E-state index contributed by atoms with van der Waals surface area (Å²) in [6.45, 7) is 2.92. The van der Waals surface area contributed by atoms with Crippen molar-refractivity contribution in [1.29, 1.82) is 0 Å². The number of carbonyl (C=O) groups is 1. The molecule has 0 amide bonds. The molecule has 5 nitrogen and oxygen atoms in total. The van der Waals surface area contributed by atoms with E-state index in [1.54, 1.807) is 0 Å². The number of rotatable bonds is 8. The minimum Gasteiger partial charge on any atom is -0.468 e. The molecule has 0 radical (unpaired) electrons. The second-order valence-electron chi connectivity index (χ2n) is 4.38. The van der Waals surface area contributed by atoms with E-state index >= 15 is 0 Å². The van der Waals surface area contributed by atoms with Gasteiger partial charge >= 0.3 is 5.97 Å². The van der Waals surface area contributed by atoms with Crippen molar-refractivity contribution in [3.8, 4) is 0 Å². The molecule has 0 saturated heterocycles. The number of carbonyl (C=O) groups excluding carboxylic acids is 1. The van der Waals surface area contributed by atoms with Crippen molar-refractivity contribution < 1.29 is 9.53 Å². The van der Waals surface area contributed by atoms with Gasteiger partial charge in [-0.1, -0.05) is 0 Å². The fourth-order valence-corrected chi connectivity index (χ4v) is 1.40. The molecule has 16 heavy (non-hydrogen) atoms. The molecular formula is C11H25N3O2. The van der Waals surface area contributed by atoms with Crippen LogP contribution >= 0.6 is 0 Å². The number of esters is 1. The third-order valence-corrected chi connectivity index (χ3v) is 2.47. The number of nitrogens with two attached hydrogens (primary N) is 1. The Morgan fingerprint density at radius 3 is 2.38 bits per heavy atom. The first-order valence-electron chi connectivity index (χ1n) is 5.64. The van der Waals surface area contributed by atoms with E-state index in [0.717, 1.165) is 26.1 Å². The van der Waals surface area contributed by atoms with Crippen LogP contribution in [0.1, 0.15) is 12.8 Å². The van der Waals surface area contributed by atoms with Crippen molar-refractivity contribution in [3.05, 3.63) is 0 Å². The van der Waals surface area contributed by atoms with Crippen LogP contribution in [0.3, 0.4) is 0 Å². The largest absolute Gasteiger partial charge is 0.468 e. The van der Waals surface area contributed by atoms with Crippen molar-refractivity contribution in [2.75, 3.05) is 47.9 Å². The third-order valence-electron chi connectivity index (χ3n) is 2.47. The third kappa shape index (κ3) is 7.62. The fraction of sp³-hybridized carbons (Fsp3) is 0.909. The van der Waals surface area contributed by atoms with Gasteiger partial charge in [0.15, 0.2) is 0 Å². The predicted molar refractivity (Wildman–Crippen MR) is 65.3 cm³/mol. The van der Waals surface area contributed by atoms with Gasteiger partial charge in [0.1, 0.15) is 6.04 Å². The van der Waals surface area contributed by atoms with E-state index in [1.807, 2.05) is 7.05 Å². The second-order valence-corrected chi connectivity index (χ2v) is 4.38. The van der Waals surface area contributed by atoms with E-state index in [4.69, 9.17) is 5.73 Å². The maximum absolute atomic E-state index is 11.1. The van der Waals surface area contributed by atoms with Gasteiger partial charge in [-0.15, -0.1) is 0 Å². The molecule has 5 heteroatoms. The zero-order valence-electron chi connectivity index (χ0n) is 10.9. The van der Waals surface area contributed by atoms with Gasteiger partial charge in [0, 0.05) is 0 Å². The van der Waals surface area contributed by atoms with Crippen molar-refractivity contribution in [2.45, 2.75) is 18.9 Å². The van der Waals surface area contributed by atoms with Crippen molar-refractivity contribution >= 4 is 5.97 Å². The highest BCUT2D eigenvalue weighted by molar-refractivity contribution is 5.75. The highest BCUT2D eigenvalue weighted by Gasteiger charge is 2.13. The Morgan fingerprint density at radius 2 is 1.88 bits per heavy atom. The molecule has 0 aliphatic rings. The molecule has 0 heterocycles. The summed E-state index contributed by atoms with van der Waals surface area (Å²) in [6, 6.07) is -0.499. The minimum absolute atomic E-state index is 0.332. The van der Waals surface area contributed by atoms with Crippen molar-refractivity contribution in [3.63, 3.8) is 0 Å². The average molecular weight is 231 g/mol. The highest BCUT2D eigenvalue weighted by atomic mass is 16.5. The average Bonchev–Trinajstić information content (AvgIpc) is 2.24. The van der Waals surface area contributed by atoms with E-state index < -0.39 is 6.04 Å². The van der Waals surface area contributed by atoms with Gasteiger partial charge in [0.25, 0.3) is 0 Å². The van der Waals surface area contributed by atoms with Gasteiger partial charge in [-0.2, -0.15) is 0 Å². The molecular weight excluding hydrogens is 206 g/mol. The van der Waals surface area contributed by atoms with Crippen LogP contribution in [-0.4, -0.2) is 69.7 Å². The summed E-state index contributed by atoms with van der Waals surface area (Å²) in [5.41, 5.74) is 5.64. The fourth-order valence-electron chi connectivity index (χ4n) is 1.40. The Bertz CT molecular complexity index is 198. The molecule has 0 aromatic carbocycles. The van der Waals surface area contributed by atoms with Crippen LogP contribution in [0, 0.1) is 0 Å². The molecule has 0 rings (SSSR count). The van der Waals surface area contributed by atoms with E-state index in [1.165, 1.54) is 7.11 Å². The topological polar surface area (TPSA) is 58.8 Å². The Kier molecular flexibility index (Phi) is 8.15. The molecule has 0 aromatic rings. The molecule has 1 unspecified atom stereocenters. The molecule has 96 valence electrons. The van der Waals surface area contributed by atoms with Crippen LogP contribution in [-0.2, 0) is 9.53 Å². The first-order valence-corrected chi connectivity index (χ1v) is 5.64. The predicted octanol–water partition coefficient (Wildman–Crippen LogP) is -0.240. The normalized spacial score (nSPS) is 13.2. The molecule has 1 atom stereocenters. The molecule has 0 spiro atoms. The summed E-state index contributed by atoms with van der Waals surface area (Å²) >= 11 is 0. The van der Waals surface area contributed by atoms with Crippen LogP contribution in [0.2, 0.25) is 0 Å². The minimum atomic E-state index is -0.499. The summed E-state index contributed by atoms with van der Waals surface area (Å²) in [5, 5.41) is 0. The summed E-state index contributed by atoms with van der Waals surface area (Å²) in [5.74, 6) is -0.332. The Labute approximate surface area is 98.5 Å². The number of nitrogens with zero attached hydrogens (tertiary/aromatic N) is 2. The molecule has 0 saturated carbocycles. The molecule has 0 fully saturated rings. The summed E-state index contributed by atoms with van der Waals surface area (Å²) in [7, 11) is 7.53. The SMILES string of the molecule is COC(=O)C(N)CCN(C)CCCN(C)C. The molecule has 0 aliphatic heterocycles. The van der Waals surface area contributed by atoms with Gasteiger partial charge in [-0.25, -0.2) is 0 Å². The van der Waals surface area contributed by atoms with Gasteiger partial charge in [0.2, 0.25) is 0 Å². The Hall–Kier alpha value is -0.650. The lowest BCUT2D eigenvalue weighted by Crippen LogP contribution is -2.35. The maximum atomic E-state index is 11.1. The standard InChI is InChI=1S/C11H25N3O2/c1-13(2)7-5-8-14(3)9-6-10(12)11(15)16-4/h10H,5-9,12H2,1-4H3. The molecule has 0 bridgehead atoms. The highest BCUT2D eigenvalue weighted by Crippen LogP contribution is 1.96. The smallest absolute Gasteiger partial charge is 0.322 e. The summed E-state index contributed by atoms with van der Waals surface area (Å²) in [4.78, 5) is 15.4. The molecule has 2 N–H and O–H groups in total. The zero-order valence-corrected chi connectivity index (χ0v) is 10.9. The van der Waals surface area contributed by atoms with Gasteiger partial charge in [-0.05, 0) is 53.6 Å². The van der Waals surface area contributed by atoms with Gasteiger partial charge in [0.05, 0.1) is 7.11 Å². The summed E-state index contributed by atoms with van der Waals surface area (Å²) < 4.78 is 4.57. The van der Waals surface area contributed by atoms with Gasteiger partial charge in [-0.3, -0.25) is 4.79 Å². The molecule has 0 aromatic heterocycles. The van der Waals surface area contributed by atoms with E-state index in [2.05, 4.69) is 28.6 Å². The van der Waals surface area contributed by atoms with Crippen LogP contribution in [0.25, 0.3) is 0 Å². The second kappa shape index (κ2) is 8.50.